The van der Waals surface area contributed by atoms with Crippen LogP contribution in [-0.2, 0) is 11.3 Å². The van der Waals surface area contributed by atoms with Crippen molar-refractivity contribution in [1.82, 2.24) is 9.55 Å². The Morgan fingerprint density at radius 2 is 2.25 bits per heavy atom. The summed E-state index contributed by atoms with van der Waals surface area (Å²) >= 11 is 0. The third kappa shape index (κ3) is 3.24. The van der Waals surface area contributed by atoms with Crippen molar-refractivity contribution in [3.8, 4) is 11.1 Å². The van der Waals surface area contributed by atoms with Crippen molar-refractivity contribution in [2.45, 2.75) is 19.4 Å². The summed E-state index contributed by atoms with van der Waals surface area (Å²) in [5.74, 6) is -0.332. The Labute approximate surface area is 118 Å². The van der Waals surface area contributed by atoms with Crippen LogP contribution in [0.1, 0.15) is 23.2 Å². The second-order valence-electron chi connectivity index (χ2n) is 4.55. The number of ether oxygens (including phenoxy) is 1. The zero-order chi connectivity index (χ0) is 14.4. The summed E-state index contributed by atoms with van der Waals surface area (Å²) in [6, 6.07) is 3.78. The normalized spacial score (nSPS) is 10.5. The number of pyridine rings is 1. The molecule has 0 aliphatic rings. The highest BCUT2D eigenvalue weighted by Crippen LogP contribution is 2.25. The highest BCUT2D eigenvalue weighted by Gasteiger charge is 2.16. The predicted molar refractivity (Wildman–Crippen MR) is 77.3 cm³/mol. The molecule has 0 aliphatic heterocycles. The molecule has 0 saturated heterocycles. The van der Waals surface area contributed by atoms with Gasteiger partial charge in [0.15, 0.2) is 0 Å². The van der Waals surface area contributed by atoms with Crippen molar-refractivity contribution in [2.75, 3.05) is 13.7 Å². The Balaban J connectivity index is 2.31. The molecule has 2 N–H and O–H groups in total. The standard InChI is InChI=1S/C15H19N3O2/c1-20-15(19)14-11-18(8-3-2-6-16)10-13(14)12-5-4-7-17-9-12/h4-5,7,9-11H,2-3,6,8,16H2,1H3. The summed E-state index contributed by atoms with van der Waals surface area (Å²) in [6.07, 6.45) is 9.18. The Morgan fingerprint density at radius 1 is 1.40 bits per heavy atom. The Kier molecular flexibility index (Phi) is 4.90. The molecule has 5 nitrogen and oxygen atoms in total. The summed E-state index contributed by atoms with van der Waals surface area (Å²) in [5.41, 5.74) is 7.81. The van der Waals surface area contributed by atoms with Gasteiger partial charge in [0.1, 0.15) is 0 Å². The number of unbranched alkanes of at least 4 members (excludes halogenated alkanes) is 1. The number of nitrogens with zero attached hydrogens (tertiary/aromatic N) is 2. The van der Waals surface area contributed by atoms with E-state index in [2.05, 4.69) is 4.98 Å². The van der Waals surface area contributed by atoms with Crippen LogP contribution in [0, 0.1) is 0 Å². The molecule has 2 rings (SSSR count). The van der Waals surface area contributed by atoms with E-state index in [0.717, 1.165) is 30.5 Å². The van der Waals surface area contributed by atoms with Crippen LogP contribution < -0.4 is 5.73 Å². The van der Waals surface area contributed by atoms with Crippen molar-refractivity contribution in [3.63, 3.8) is 0 Å². The number of hydrogen-bond donors (Lipinski definition) is 1. The van der Waals surface area contributed by atoms with Crippen LogP contribution in [0.5, 0.6) is 0 Å². The summed E-state index contributed by atoms with van der Waals surface area (Å²) in [4.78, 5) is 16.0. The highest BCUT2D eigenvalue weighted by molar-refractivity contribution is 5.97. The zero-order valence-electron chi connectivity index (χ0n) is 11.6. The molecule has 0 saturated carbocycles. The van der Waals surface area contributed by atoms with Gasteiger partial charge < -0.3 is 15.0 Å². The van der Waals surface area contributed by atoms with E-state index in [1.54, 1.807) is 12.4 Å². The maximum atomic E-state index is 11.9. The van der Waals surface area contributed by atoms with Crippen molar-refractivity contribution in [2.24, 2.45) is 5.73 Å². The molecule has 0 atom stereocenters. The quantitative estimate of drug-likeness (QED) is 0.646. The van der Waals surface area contributed by atoms with Gasteiger partial charge in [-0.05, 0) is 25.5 Å². The minimum atomic E-state index is -0.332. The first-order valence-corrected chi connectivity index (χ1v) is 6.65. The van der Waals surface area contributed by atoms with E-state index in [-0.39, 0.29) is 5.97 Å². The topological polar surface area (TPSA) is 70.1 Å². The molecular weight excluding hydrogens is 254 g/mol. The van der Waals surface area contributed by atoms with E-state index in [4.69, 9.17) is 10.5 Å². The lowest BCUT2D eigenvalue weighted by molar-refractivity contribution is 0.0601. The molecule has 2 aromatic rings. The maximum Gasteiger partial charge on any atom is 0.340 e. The van der Waals surface area contributed by atoms with Crippen LogP contribution in [0.2, 0.25) is 0 Å². The molecule has 0 radical (unpaired) electrons. The molecule has 0 unspecified atom stereocenters. The third-order valence-corrected chi connectivity index (χ3v) is 3.13. The zero-order valence-corrected chi connectivity index (χ0v) is 11.6. The SMILES string of the molecule is COC(=O)c1cn(CCCCN)cc1-c1cccnc1. The van der Waals surface area contributed by atoms with E-state index in [0.29, 0.717) is 12.1 Å². The number of nitrogens with two attached hydrogens (primary N) is 1. The van der Waals surface area contributed by atoms with Gasteiger partial charge >= 0.3 is 5.97 Å². The van der Waals surface area contributed by atoms with Crippen LogP contribution >= 0.6 is 0 Å². The lowest BCUT2D eigenvalue weighted by atomic mass is 10.1. The maximum absolute atomic E-state index is 11.9. The monoisotopic (exact) mass is 273 g/mol. The van der Waals surface area contributed by atoms with Crippen molar-refractivity contribution >= 4 is 5.97 Å². The first-order chi connectivity index (χ1) is 9.76. The molecule has 0 aromatic carbocycles. The second kappa shape index (κ2) is 6.86. The second-order valence-corrected chi connectivity index (χ2v) is 4.55. The average Bonchev–Trinajstić information content (AvgIpc) is 2.92. The molecular formula is C15H19N3O2. The first-order valence-electron chi connectivity index (χ1n) is 6.65. The van der Waals surface area contributed by atoms with Crippen LogP contribution in [0.3, 0.4) is 0 Å². The summed E-state index contributed by atoms with van der Waals surface area (Å²) in [5, 5.41) is 0. The molecule has 0 aliphatic carbocycles. The van der Waals surface area contributed by atoms with Gasteiger partial charge in [-0.3, -0.25) is 4.98 Å². The van der Waals surface area contributed by atoms with Crippen LogP contribution in [-0.4, -0.2) is 29.2 Å². The van der Waals surface area contributed by atoms with Gasteiger partial charge in [0.25, 0.3) is 0 Å². The van der Waals surface area contributed by atoms with Gasteiger partial charge in [-0.1, -0.05) is 6.07 Å². The molecule has 0 bridgehead atoms. The van der Waals surface area contributed by atoms with Crippen LogP contribution in [0.4, 0.5) is 0 Å². The molecule has 5 heteroatoms. The van der Waals surface area contributed by atoms with E-state index < -0.39 is 0 Å². The van der Waals surface area contributed by atoms with Crippen molar-refractivity contribution in [1.29, 1.82) is 0 Å². The molecule has 2 heterocycles. The summed E-state index contributed by atoms with van der Waals surface area (Å²) in [6.45, 7) is 1.52. The number of aromatic nitrogens is 2. The summed E-state index contributed by atoms with van der Waals surface area (Å²) in [7, 11) is 1.39. The lowest BCUT2D eigenvalue weighted by Crippen LogP contribution is -2.03. The largest absolute Gasteiger partial charge is 0.465 e. The minimum Gasteiger partial charge on any atom is -0.465 e. The molecule has 20 heavy (non-hydrogen) atoms. The highest BCUT2D eigenvalue weighted by atomic mass is 16.5. The van der Waals surface area contributed by atoms with Gasteiger partial charge in [0, 0.05) is 42.5 Å². The number of aryl methyl sites for hydroxylation is 1. The number of carbonyl (C=O) groups excluding carboxylic acids is 1. The van der Waals surface area contributed by atoms with Gasteiger partial charge in [0.05, 0.1) is 12.7 Å². The van der Waals surface area contributed by atoms with Gasteiger partial charge in [-0.15, -0.1) is 0 Å². The van der Waals surface area contributed by atoms with Gasteiger partial charge in [-0.2, -0.15) is 0 Å². The molecule has 0 fully saturated rings. The van der Waals surface area contributed by atoms with Crippen molar-refractivity contribution in [3.05, 3.63) is 42.5 Å². The fourth-order valence-corrected chi connectivity index (χ4v) is 2.10. The average molecular weight is 273 g/mol. The molecule has 0 spiro atoms. The number of rotatable bonds is 6. The molecule has 2 aromatic heterocycles. The van der Waals surface area contributed by atoms with E-state index >= 15 is 0 Å². The van der Waals surface area contributed by atoms with Crippen molar-refractivity contribution < 1.29 is 9.53 Å². The third-order valence-electron chi connectivity index (χ3n) is 3.13. The Bertz CT molecular complexity index is 564. The fraction of sp³-hybridized carbons (Fsp3) is 0.333. The van der Waals surface area contributed by atoms with E-state index in [1.807, 2.05) is 29.1 Å². The van der Waals surface area contributed by atoms with Gasteiger partial charge in [-0.25, -0.2) is 4.79 Å². The number of carbonyl (C=O) groups is 1. The summed E-state index contributed by atoms with van der Waals surface area (Å²) < 4.78 is 6.85. The Hall–Kier alpha value is -2.14. The van der Waals surface area contributed by atoms with E-state index in [9.17, 15) is 4.79 Å². The first kappa shape index (κ1) is 14.3. The number of esters is 1. The smallest absolute Gasteiger partial charge is 0.340 e. The molecule has 0 amide bonds. The van der Waals surface area contributed by atoms with Crippen LogP contribution in [0.25, 0.3) is 11.1 Å². The van der Waals surface area contributed by atoms with Crippen LogP contribution in [0.15, 0.2) is 36.9 Å². The van der Waals surface area contributed by atoms with E-state index in [1.165, 1.54) is 7.11 Å². The number of methoxy groups -OCH3 is 1. The lowest BCUT2D eigenvalue weighted by Gasteiger charge is -2.01. The Morgan fingerprint density at radius 3 is 2.90 bits per heavy atom. The predicted octanol–water partition coefficient (Wildman–Crippen LogP) is 2.08. The number of hydrogen-bond acceptors (Lipinski definition) is 4. The fourth-order valence-electron chi connectivity index (χ4n) is 2.10. The minimum absolute atomic E-state index is 0.332. The molecule has 106 valence electrons. The van der Waals surface area contributed by atoms with Gasteiger partial charge in [0.2, 0.25) is 0 Å².